The highest BCUT2D eigenvalue weighted by Gasteiger charge is 2.21. The van der Waals surface area contributed by atoms with Crippen LogP contribution >= 0.6 is 11.3 Å². The van der Waals surface area contributed by atoms with Crippen molar-refractivity contribution in [2.75, 3.05) is 4.72 Å². The van der Waals surface area contributed by atoms with E-state index in [1.54, 1.807) is 37.4 Å². The molecule has 9 heteroatoms. The Bertz CT molecular complexity index is 1460. The number of nitrogens with zero attached hydrogens (tertiary/aromatic N) is 1. The van der Waals surface area contributed by atoms with Crippen molar-refractivity contribution in [1.29, 1.82) is 0 Å². The van der Waals surface area contributed by atoms with Gasteiger partial charge in [-0.1, -0.05) is 53.8 Å². The second-order valence-electron chi connectivity index (χ2n) is 7.31. The fraction of sp³-hybridized carbons (Fsp3) is 0.130. The number of anilines is 1. The molecule has 3 aromatic carbocycles. The number of hydrogen-bond acceptors (Lipinski definition) is 5. The Morgan fingerprint density at radius 2 is 1.69 bits per heavy atom. The van der Waals surface area contributed by atoms with Gasteiger partial charge in [0.1, 0.15) is 0 Å². The summed E-state index contributed by atoms with van der Waals surface area (Å²) in [7, 11) is -2.34. The molecule has 0 bridgehead atoms. The molecule has 0 aliphatic rings. The number of fused-ring (bicyclic) bond motifs is 1. The maximum absolute atomic E-state index is 13.0. The Hall–Kier alpha value is -3.43. The van der Waals surface area contributed by atoms with Crippen molar-refractivity contribution in [2.24, 2.45) is 7.05 Å². The van der Waals surface area contributed by atoms with Crippen LogP contribution in [-0.2, 0) is 17.1 Å². The number of benzene rings is 3. The number of nitrogens with one attached hydrogen (secondary N) is 2. The number of thiazole rings is 1. The average molecular weight is 468 g/mol. The highest BCUT2D eigenvalue weighted by Crippen LogP contribution is 2.25. The van der Waals surface area contributed by atoms with Gasteiger partial charge in [-0.3, -0.25) is 14.3 Å². The van der Waals surface area contributed by atoms with Crippen molar-refractivity contribution in [3.8, 4) is 0 Å². The zero-order chi connectivity index (χ0) is 22.9. The van der Waals surface area contributed by atoms with Crippen molar-refractivity contribution < 1.29 is 13.2 Å². The van der Waals surface area contributed by atoms with Crippen LogP contribution in [0, 0.1) is 0 Å². The minimum Gasteiger partial charge on any atom is -0.345 e. The molecule has 7 nitrogen and oxygen atoms in total. The number of aromatic nitrogens is 1. The van der Waals surface area contributed by atoms with Gasteiger partial charge in [0.25, 0.3) is 15.9 Å². The standard InChI is InChI=1S/C23H21N3O4S2/c1-15(16-8-4-3-5-9-16)24-22(27)18-10-6-7-11-19(18)25-32(29,30)17-12-13-20-21(14-17)31-23(28)26(20)2/h3-15,25H,1-2H3,(H,24,27)/t15-/m0/s1. The first kappa shape index (κ1) is 21.8. The fourth-order valence-corrected chi connectivity index (χ4v) is 5.45. The second kappa shape index (κ2) is 8.60. The zero-order valence-electron chi connectivity index (χ0n) is 17.4. The molecule has 0 aliphatic heterocycles. The molecule has 164 valence electrons. The van der Waals surface area contributed by atoms with Gasteiger partial charge in [0.05, 0.1) is 32.4 Å². The van der Waals surface area contributed by atoms with Crippen LogP contribution in [0.3, 0.4) is 0 Å². The molecule has 2 N–H and O–H groups in total. The van der Waals surface area contributed by atoms with Gasteiger partial charge in [-0.2, -0.15) is 0 Å². The molecule has 0 radical (unpaired) electrons. The number of carbonyl (C=O) groups is 1. The summed E-state index contributed by atoms with van der Waals surface area (Å²) in [6.07, 6.45) is 0. The maximum Gasteiger partial charge on any atom is 0.307 e. The van der Waals surface area contributed by atoms with Gasteiger partial charge in [-0.05, 0) is 42.8 Å². The smallest absolute Gasteiger partial charge is 0.307 e. The highest BCUT2D eigenvalue weighted by molar-refractivity contribution is 7.92. The summed E-state index contributed by atoms with van der Waals surface area (Å²) in [6.45, 7) is 1.86. The van der Waals surface area contributed by atoms with E-state index in [1.807, 2.05) is 37.3 Å². The van der Waals surface area contributed by atoms with Gasteiger partial charge >= 0.3 is 4.87 Å². The molecule has 32 heavy (non-hydrogen) atoms. The van der Waals surface area contributed by atoms with Gasteiger partial charge in [0, 0.05) is 7.05 Å². The number of rotatable bonds is 6. The Kier molecular flexibility index (Phi) is 5.86. The van der Waals surface area contributed by atoms with E-state index in [1.165, 1.54) is 16.7 Å². The molecule has 0 saturated carbocycles. The van der Waals surface area contributed by atoms with Crippen LogP contribution < -0.4 is 14.9 Å². The van der Waals surface area contributed by atoms with Crippen LogP contribution in [0.1, 0.15) is 28.9 Å². The van der Waals surface area contributed by atoms with Gasteiger partial charge in [0.15, 0.2) is 0 Å². The third-order valence-electron chi connectivity index (χ3n) is 5.14. The number of para-hydroxylation sites is 1. The minimum atomic E-state index is -3.98. The number of amides is 1. The number of sulfonamides is 1. The molecular weight excluding hydrogens is 446 g/mol. The van der Waals surface area contributed by atoms with Crippen molar-refractivity contribution in [3.05, 3.63) is 93.6 Å². The van der Waals surface area contributed by atoms with E-state index in [-0.39, 0.29) is 27.1 Å². The van der Waals surface area contributed by atoms with E-state index in [0.717, 1.165) is 16.9 Å². The SMILES string of the molecule is C[C@H](NC(=O)c1ccccc1NS(=O)(=O)c1ccc2c(c1)sc(=O)n2C)c1ccccc1. The van der Waals surface area contributed by atoms with Crippen LogP contribution in [0.2, 0.25) is 0 Å². The van der Waals surface area contributed by atoms with Gasteiger partial charge in [-0.15, -0.1) is 0 Å². The van der Waals surface area contributed by atoms with Gasteiger partial charge in [0.2, 0.25) is 0 Å². The molecule has 4 aromatic rings. The summed E-state index contributed by atoms with van der Waals surface area (Å²) < 4.78 is 30.6. The molecule has 1 atom stereocenters. The van der Waals surface area contributed by atoms with E-state index in [0.29, 0.717) is 10.2 Å². The monoisotopic (exact) mass is 467 g/mol. The summed E-state index contributed by atoms with van der Waals surface area (Å²) >= 11 is 0.979. The van der Waals surface area contributed by atoms with Crippen molar-refractivity contribution >= 4 is 43.2 Å². The van der Waals surface area contributed by atoms with Gasteiger partial charge < -0.3 is 9.88 Å². The molecular formula is C23H21N3O4S2. The van der Waals surface area contributed by atoms with Crippen LogP contribution in [-0.4, -0.2) is 18.9 Å². The third kappa shape index (κ3) is 4.30. The van der Waals surface area contributed by atoms with E-state index < -0.39 is 15.9 Å². The lowest BCUT2D eigenvalue weighted by atomic mass is 10.1. The first-order chi connectivity index (χ1) is 15.3. The predicted molar refractivity (Wildman–Crippen MR) is 127 cm³/mol. The highest BCUT2D eigenvalue weighted by atomic mass is 32.2. The minimum absolute atomic E-state index is 0.0136. The molecule has 1 amide bonds. The lowest BCUT2D eigenvalue weighted by Gasteiger charge is -2.17. The second-order valence-corrected chi connectivity index (χ2v) is 9.99. The molecule has 4 rings (SSSR count). The van der Waals surface area contributed by atoms with Crippen LogP contribution in [0.25, 0.3) is 10.2 Å². The summed E-state index contributed by atoms with van der Waals surface area (Å²) in [4.78, 5) is 24.6. The first-order valence-electron chi connectivity index (χ1n) is 9.83. The van der Waals surface area contributed by atoms with E-state index >= 15 is 0 Å². The molecule has 0 saturated heterocycles. The maximum atomic E-state index is 13.0. The van der Waals surface area contributed by atoms with E-state index in [9.17, 15) is 18.0 Å². The zero-order valence-corrected chi connectivity index (χ0v) is 19.0. The number of aryl methyl sites for hydroxylation is 1. The van der Waals surface area contributed by atoms with Crippen LogP contribution in [0.4, 0.5) is 5.69 Å². The molecule has 0 aliphatic carbocycles. The normalized spacial score (nSPS) is 12.4. The summed E-state index contributed by atoms with van der Waals surface area (Å²) in [5.74, 6) is -0.392. The summed E-state index contributed by atoms with van der Waals surface area (Å²) in [5.41, 5.74) is 1.98. The van der Waals surface area contributed by atoms with Crippen molar-refractivity contribution in [1.82, 2.24) is 9.88 Å². The Labute approximate surface area is 189 Å². The van der Waals surface area contributed by atoms with Crippen molar-refractivity contribution in [2.45, 2.75) is 17.9 Å². The molecule has 0 unspecified atom stereocenters. The largest absolute Gasteiger partial charge is 0.345 e. The number of carbonyl (C=O) groups excluding carboxylic acids is 1. The Morgan fingerprint density at radius 1 is 1.00 bits per heavy atom. The molecule has 0 fully saturated rings. The van der Waals surface area contributed by atoms with E-state index in [2.05, 4.69) is 10.0 Å². The quantitative estimate of drug-likeness (QED) is 0.450. The van der Waals surface area contributed by atoms with Crippen molar-refractivity contribution in [3.63, 3.8) is 0 Å². The average Bonchev–Trinajstić information content (AvgIpc) is 3.07. The Balaban J connectivity index is 1.61. The fourth-order valence-electron chi connectivity index (χ4n) is 3.35. The lowest BCUT2D eigenvalue weighted by Crippen LogP contribution is -2.28. The van der Waals surface area contributed by atoms with E-state index in [4.69, 9.17) is 0 Å². The summed E-state index contributed by atoms with van der Waals surface area (Å²) in [5, 5.41) is 2.90. The number of hydrogen-bond donors (Lipinski definition) is 2. The topological polar surface area (TPSA) is 97.3 Å². The molecule has 1 aromatic heterocycles. The molecule has 0 spiro atoms. The first-order valence-corrected chi connectivity index (χ1v) is 12.1. The Morgan fingerprint density at radius 3 is 2.44 bits per heavy atom. The lowest BCUT2D eigenvalue weighted by molar-refractivity contribution is 0.0941. The van der Waals surface area contributed by atoms with Crippen LogP contribution in [0.5, 0.6) is 0 Å². The predicted octanol–water partition coefficient (Wildman–Crippen LogP) is 3.89. The van der Waals surface area contributed by atoms with Gasteiger partial charge in [-0.25, -0.2) is 8.42 Å². The summed E-state index contributed by atoms with van der Waals surface area (Å²) in [6, 6.07) is 20.2. The molecule has 1 heterocycles. The van der Waals surface area contributed by atoms with Crippen LogP contribution in [0.15, 0.2) is 82.5 Å². The third-order valence-corrected chi connectivity index (χ3v) is 7.50.